The van der Waals surface area contributed by atoms with Crippen LogP contribution in [0.25, 0.3) is 0 Å². The van der Waals surface area contributed by atoms with E-state index in [4.69, 9.17) is 5.11 Å². The summed E-state index contributed by atoms with van der Waals surface area (Å²) < 4.78 is 0. The van der Waals surface area contributed by atoms with Crippen LogP contribution in [0.15, 0.2) is 18.2 Å². The predicted octanol–water partition coefficient (Wildman–Crippen LogP) is 2.24. The summed E-state index contributed by atoms with van der Waals surface area (Å²) in [6.45, 7) is 8.12. The number of nitrogens with zero attached hydrogens (tertiary/aromatic N) is 2. The Labute approximate surface area is 178 Å². The second kappa shape index (κ2) is 11.7. The Kier molecular flexibility index (Phi) is 10.1. The first-order valence-electron chi connectivity index (χ1n) is 9.65. The number of carbonyl (C=O) groups excluding carboxylic acids is 2. The zero-order chi connectivity index (χ0) is 20.7. The average molecular weight is 427 g/mol. The Bertz CT molecular complexity index is 720. The number of likely N-dealkylation sites (tertiary alicyclic amines) is 1. The maximum atomic E-state index is 12.2. The van der Waals surface area contributed by atoms with Crippen LogP contribution < -0.4 is 10.6 Å². The lowest BCUT2D eigenvalue weighted by atomic mass is 10.0. The summed E-state index contributed by atoms with van der Waals surface area (Å²) in [4.78, 5) is 39.2. The number of carboxylic acids is 1. The van der Waals surface area contributed by atoms with Gasteiger partial charge in [0.25, 0.3) is 0 Å². The number of hydrogen-bond acceptors (Lipinski definition) is 5. The maximum Gasteiger partial charge on any atom is 0.325 e. The highest BCUT2D eigenvalue weighted by molar-refractivity contribution is 6.02. The first kappa shape index (κ1) is 24.9. The molecule has 1 saturated heterocycles. The van der Waals surface area contributed by atoms with Gasteiger partial charge in [-0.2, -0.15) is 0 Å². The number of aryl methyl sites for hydroxylation is 1. The number of hydrogen-bond donors (Lipinski definition) is 3. The quantitative estimate of drug-likeness (QED) is 0.618. The molecule has 3 N–H and O–H groups in total. The number of nitrogens with one attached hydrogen (secondary N) is 2. The molecule has 0 aliphatic carbocycles. The van der Waals surface area contributed by atoms with E-state index < -0.39 is 12.0 Å². The first-order chi connectivity index (χ1) is 13.3. The fourth-order valence-corrected chi connectivity index (χ4v) is 3.52. The monoisotopic (exact) mass is 426 g/mol. The van der Waals surface area contributed by atoms with E-state index in [0.717, 1.165) is 24.0 Å². The third-order valence-corrected chi connectivity index (χ3v) is 5.29. The Morgan fingerprint density at radius 2 is 1.86 bits per heavy atom. The highest BCUT2D eigenvalue weighted by atomic mass is 35.5. The molecule has 9 heteroatoms. The van der Waals surface area contributed by atoms with Crippen molar-refractivity contribution in [3.63, 3.8) is 0 Å². The molecule has 162 valence electrons. The molecule has 0 bridgehead atoms. The standard InChI is InChI=1S/C20H30N4O4.ClH/c1-4-24(13-19(26)27)16-8-10-23(11-9-16)12-18(25)22-20(28)21-17-7-5-6-14(2)15(17)3;/h5-7,16H,4,8-13H2,1-3H3,(H,26,27)(H2,21,22,25,28);1H. The lowest BCUT2D eigenvalue weighted by Gasteiger charge is -2.37. The lowest BCUT2D eigenvalue weighted by Crippen LogP contribution is -2.49. The van der Waals surface area contributed by atoms with Gasteiger partial charge in [0.05, 0.1) is 13.1 Å². The molecule has 1 aliphatic rings. The third kappa shape index (κ3) is 7.64. The Hall–Kier alpha value is -2.16. The number of aliphatic carboxylic acids is 1. The van der Waals surface area contributed by atoms with E-state index in [0.29, 0.717) is 25.3 Å². The van der Waals surface area contributed by atoms with Crippen molar-refractivity contribution in [2.24, 2.45) is 0 Å². The second-order valence-electron chi connectivity index (χ2n) is 7.21. The van der Waals surface area contributed by atoms with Gasteiger partial charge in [0.1, 0.15) is 0 Å². The summed E-state index contributed by atoms with van der Waals surface area (Å²) in [6.07, 6.45) is 1.62. The van der Waals surface area contributed by atoms with Crippen LogP contribution in [0.1, 0.15) is 30.9 Å². The SMILES string of the molecule is CCN(CC(=O)O)C1CCN(CC(=O)NC(=O)Nc2cccc(C)c2C)CC1.Cl. The molecule has 0 atom stereocenters. The van der Waals surface area contributed by atoms with Gasteiger partial charge in [-0.25, -0.2) is 4.79 Å². The van der Waals surface area contributed by atoms with Crippen molar-refractivity contribution in [2.45, 2.75) is 39.7 Å². The number of halogens is 1. The molecule has 1 aliphatic heterocycles. The lowest BCUT2D eigenvalue weighted by molar-refractivity contribution is -0.139. The number of likely N-dealkylation sites (N-methyl/N-ethyl adjacent to an activating group) is 1. The number of benzene rings is 1. The van der Waals surface area contributed by atoms with E-state index >= 15 is 0 Å². The van der Waals surface area contributed by atoms with Gasteiger partial charge in [-0.15, -0.1) is 12.4 Å². The molecular weight excluding hydrogens is 396 g/mol. The molecule has 1 aromatic carbocycles. The van der Waals surface area contributed by atoms with Crippen LogP contribution in [0.3, 0.4) is 0 Å². The smallest absolute Gasteiger partial charge is 0.325 e. The number of rotatable bonds is 7. The number of carboxylic acid groups (broad SMARTS) is 1. The van der Waals surface area contributed by atoms with Gasteiger partial charge in [0.2, 0.25) is 5.91 Å². The van der Waals surface area contributed by atoms with Gasteiger partial charge < -0.3 is 10.4 Å². The number of urea groups is 1. The highest BCUT2D eigenvalue weighted by Gasteiger charge is 2.26. The number of imide groups is 1. The van der Waals surface area contributed by atoms with Crippen molar-refractivity contribution in [1.82, 2.24) is 15.1 Å². The zero-order valence-corrected chi connectivity index (χ0v) is 18.1. The summed E-state index contributed by atoms with van der Waals surface area (Å²) >= 11 is 0. The van der Waals surface area contributed by atoms with Gasteiger partial charge in [-0.3, -0.25) is 24.7 Å². The Morgan fingerprint density at radius 3 is 2.45 bits per heavy atom. The van der Waals surface area contributed by atoms with E-state index in [1.807, 2.05) is 42.7 Å². The molecule has 29 heavy (non-hydrogen) atoms. The zero-order valence-electron chi connectivity index (χ0n) is 17.2. The van der Waals surface area contributed by atoms with Crippen LogP contribution in [0, 0.1) is 13.8 Å². The molecule has 1 aromatic rings. The topological polar surface area (TPSA) is 102 Å². The average Bonchev–Trinajstić information content (AvgIpc) is 2.64. The van der Waals surface area contributed by atoms with E-state index in [9.17, 15) is 14.4 Å². The molecule has 0 spiro atoms. The number of piperidine rings is 1. The summed E-state index contributed by atoms with van der Waals surface area (Å²) in [7, 11) is 0. The fourth-order valence-electron chi connectivity index (χ4n) is 3.52. The number of amides is 3. The van der Waals surface area contributed by atoms with Gasteiger partial charge in [-0.1, -0.05) is 19.1 Å². The van der Waals surface area contributed by atoms with Crippen LogP contribution in [0.5, 0.6) is 0 Å². The van der Waals surface area contributed by atoms with Gasteiger partial charge >= 0.3 is 12.0 Å². The molecule has 1 fully saturated rings. The largest absolute Gasteiger partial charge is 0.480 e. The summed E-state index contributed by atoms with van der Waals surface area (Å²) in [5.41, 5.74) is 2.72. The molecule has 0 radical (unpaired) electrons. The van der Waals surface area contributed by atoms with Crippen LogP contribution in [-0.2, 0) is 9.59 Å². The van der Waals surface area contributed by atoms with Crippen molar-refractivity contribution in [2.75, 3.05) is 38.0 Å². The van der Waals surface area contributed by atoms with E-state index in [1.165, 1.54) is 0 Å². The summed E-state index contributed by atoms with van der Waals surface area (Å²) in [6, 6.07) is 5.30. The molecule has 1 heterocycles. The van der Waals surface area contributed by atoms with E-state index in [2.05, 4.69) is 10.6 Å². The molecule has 0 aromatic heterocycles. The molecule has 8 nitrogen and oxygen atoms in total. The van der Waals surface area contributed by atoms with Crippen LogP contribution in [0.2, 0.25) is 0 Å². The summed E-state index contributed by atoms with van der Waals surface area (Å²) in [5.74, 6) is -1.17. The van der Waals surface area contributed by atoms with Gasteiger partial charge in [0.15, 0.2) is 0 Å². The maximum absolute atomic E-state index is 12.2. The molecule has 3 amide bonds. The Morgan fingerprint density at radius 1 is 1.21 bits per heavy atom. The minimum absolute atomic E-state index is 0. The molecular formula is C20H31ClN4O4. The summed E-state index contributed by atoms with van der Waals surface area (Å²) in [5, 5.41) is 14.1. The number of anilines is 1. The normalized spacial score (nSPS) is 14.9. The van der Waals surface area contributed by atoms with E-state index in [-0.39, 0.29) is 37.4 Å². The van der Waals surface area contributed by atoms with Crippen molar-refractivity contribution in [3.05, 3.63) is 29.3 Å². The van der Waals surface area contributed by atoms with Crippen molar-refractivity contribution in [1.29, 1.82) is 0 Å². The molecule has 0 unspecified atom stereocenters. The van der Waals surface area contributed by atoms with Crippen molar-refractivity contribution >= 4 is 36.0 Å². The van der Waals surface area contributed by atoms with Gasteiger partial charge in [-0.05, 0) is 50.4 Å². The van der Waals surface area contributed by atoms with Crippen LogP contribution in [-0.4, -0.2) is 71.6 Å². The minimum atomic E-state index is -0.821. The van der Waals surface area contributed by atoms with Crippen molar-refractivity contribution < 1.29 is 19.5 Å². The minimum Gasteiger partial charge on any atom is -0.480 e. The Balaban J connectivity index is 0.00000420. The van der Waals surface area contributed by atoms with E-state index in [1.54, 1.807) is 6.07 Å². The molecule has 0 saturated carbocycles. The van der Waals surface area contributed by atoms with Gasteiger partial charge in [0, 0.05) is 24.8 Å². The highest BCUT2D eigenvalue weighted by Crippen LogP contribution is 2.18. The fraction of sp³-hybridized carbons (Fsp3) is 0.550. The number of carbonyl (C=O) groups is 3. The van der Waals surface area contributed by atoms with Crippen molar-refractivity contribution in [3.8, 4) is 0 Å². The van der Waals surface area contributed by atoms with Crippen LogP contribution >= 0.6 is 12.4 Å². The first-order valence-corrected chi connectivity index (χ1v) is 9.65. The predicted molar refractivity (Wildman–Crippen MR) is 115 cm³/mol. The van der Waals surface area contributed by atoms with Crippen LogP contribution in [0.4, 0.5) is 10.5 Å². The molecule has 2 rings (SSSR count). The second-order valence-corrected chi connectivity index (χ2v) is 7.21. The third-order valence-electron chi connectivity index (χ3n) is 5.29.